The number of aliphatic carboxylic acids is 1. The molecular weight excluding hydrogens is 488 g/mol. The molecule has 8 unspecified atom stereocenters. The summed E-state index contributed by atoms with van der Waals surface area (Å²) in [5.41, 5.74) is -0.675. The van der Waals surface area contributed by atoms with Crippen molar-refractivity contribution >= 4 is 23.9 Å². The van der Waals surface area contributed by atoms with Gasteiger partial charge in [-0.2, -0.15) is 0 Å². The maximum atomic E-state index is 12.4. The van der Waals surface area contributed by atoms with Gasteiger partial charge in [-0.1, -0.05) is 37.1 Å². The minimum absolute atomic E-state index is 0.0106. The Hall–Kier alpha value is -2.48. The number of carbonyl (C=O) groups excluding carboxylic acids is 3. The summed E-state index contributed by atoms with van der Waals surface area (Å²) in [6.07, 6.45) is 18.2. The van der Waals surface area contributed by atoms with E-state index in [1.807, 2.05) is 38.2 Å². The van der Waals surface area contributed by atoms with E-state index in [0.29, 0.717) is 0 Å². The van der Waals surface area contributed by atoms with E-state index >= 15 is 0 Å². The Morgan fingerprint density at radius 2 is 1.24 bits per heavy atom. The van der Waals surface area contributed by atoms with Crippen LogP contribution in [0.1, 0.15) is 78.1 Å². The molecule has 208 valence electrons. The van der Waals surface area contributed by atoms with Gasteiger partial charge in [-0.15, -0.1) is 0 Å². The largest absolute Gasteiger partial charge is 0.481 e. The molecule has 8 atom stereocenters. The van der Waals surface area contributed by atoms with Crippen molar-refractivity contribution in [1.29, 1.82) is 0 Å². The van der Waals surface area contributed by atoms with Gasteiger partial charge in [-0.3, -0.25) is 19.2 Å². The highest BCUT2D eigenvalue weighted by molar-refractivity contribution is 5.98. The molecule has 0 aromatic carbocycles. The lowest BCUT2D eigenvalue weighted by Gasteiger charge is -2.29. The third kappa shape index (κ3) is 5.21. The van der Waals surface area contributed by atoms with Gasteiger partial charge in [0.25, 0.3) is 0 Å². The second-order valence-electron chi connectivity index (χ2n) is 12.9. The quantitative estimate of drug-likeness (QED) is 0.317. The number of ether oxygens (including phenoxy) is 2. The Morgan fingerprint density at radius 3 is 1.71 bits per heavy atom. The van der Waals surface area contributed by atoms with E-state index in [-0.39, 0.29) is 64.6 Å². The Kier molecular flexibility index (Phi) is 7.31. The van der Waals surface area contributed by atoms with Gasteiger partial charge in [-0.25, -0.2) is 0 Å². The molecule has 7 rings (SSSR count). The first-order valence-corrected chi connectivity index (χ1v) is 14.3. The van der Waals surface area contributed by atoms with E-state index in [0.717, 1.165) is 51.4 Å². The van der Waals surface area contributed by atoms with Crippen LogP contribution in [0.2, 0.25) is 0 Å². The maximum Gasteiger partial charge on any atom is 0.318 e. The van der Waals surface area contributed by atoms with Gasteiger partial charge in [-0.05, 0) is 88.9 Å². The van der Waals surface area contributed by atoms with Gasteiger partial charge >= 0.3 is 23.9 Å². The second kappa shape index (κ2) is 10.2. The lowest BCUT2D eigenvalue weighted by molar-refractivity contribution is -0.169. The summed E-state index contributed by atoms with van der Waals surface area (Å²) in [5, 5.41) is 18.5. The fourth-order valence-electron chi connectivity index (χ4n) is 7.85. The third-order valence-corrected chi connectivity index (χ3v) is 9.91. The van der Waals surface area contributed by atoms with Crippen molar-refractivity contribution in [3.8, 4) is 0 Å². The summed E-state index contributed by atoms with van der Waals surface area (Å²) in [4.78, 5) is 46.1. The summed E-state index contributed by atoms with van der Waals surface area (Å²) in [6.45, 7) is 3.89. The number of allylic oxidation sites excluding steroid dienone is 4. The van der Waals surface area contributed by atoms with Gasteiger partial charge in [0.05, 0.1) is 29.3 Å². The van der Waals surface area contributed by atoms with Crippen molar-refractivity contribution in [3.05, 3.63) is 24.3 Å². The molecule has 7 aliphatic rings. The first kappa shape index (κ1) is 27.1. The third-order valence-electron chi connectivity index (χ3n) is 9.91. The molecule has 4 saturated carbocycles. The van der Waals surface area contributed by atoms with Crippen LogP contribution >= 0.6 is 0 Å². The zero-order valence-electron chi connectivity index (χ0n) is 22.3. The average Bonchev–Trinajstić information content (AvgIpc) is 3.68. The average molecular weight is 529 g/mol. The van der Waals surface area contributed by atoms with Crippen LogP contribution in [0, 0.1) is 47.3 Å². The van der Waals surface area contributed by atoms with Gasteiger partial charge in [0, 0.05) is 0 Å². The standard InChI is InChI=1S/C15H20O4.C9H8O3.C6H12O/c1-15(6-2-3-7-15)19-14(18)12-10-5-4-9(8-10)11(12)13(16)17;10-8-6-4-1-2-5(3-4)7(6)9(11)12-8;1-6(7)4-2-3-5-6/h4-5,9-12H,2-3,6-8H2,1H3,(H,16,17);1-2,4-7H,3H2;7H,2-5H2,1H3. The first-order valence-electron chi connectivity index (χ1n) is 14.3. The van der Waals surface area contributed by atoms with Crippen molar-refractivity contribution in [2.75, 3.05) is 0 Å². The van der Waals surface area contributed by atoms with E-state index in [2.05, 4.69) is 4.74 Å². The molecule has 0 amide bonds. The van der Waals surface area contributed by atoms with Crippen molar-refractivity contribution in [3.63, 3.8) is 0 Å². The van der Waals surface area contributed by atoms with Crippen LogP contribution in [0.15, 0.2) is 24.3 Å². The van der Waals surface area contributed by atoms with Crippen LogP contribution < -0.4 is 0 Å². The van der Waals surface area contributed by atoms with Crippen molar-refractivity contribution < 1.29 is 38.9 Å². The van der Waals surface area contributed by atoms with Gasteiger partial charge in [0.2, 0.25) is 0 Å². The van der Waals surface area contributed by atoms with Gasteiger partial charge in [0.15, 0.2) is 0 Å². The summed E-state index contributed by atoms with van der Waals surface area (Å²) in [7, 11) is 0. The number of hydrogen-bond donors (Lipinski definition) is 2. The number of carboxylic acid groups (broad SMARTS) is 1. The highest BCUT2D eigenvalue weighted by atomic mass is 16.6. The molecule has 6 aliphatic carbocycles. The number of esters is 3. The molecule has 2 N–H and O–H groups in total. The van der Waals surface area contributed by atoms with Crippen molar-refractivity contribution in [2.24, 2.45) is 47.3 Å². The predicted molar refractivity (Wildman–Crippen MR) is 136 cm³/mol. The van der Waals surface area contributed by atoms with E-state index in [1.54, 1.807) is 0 Å². The Labute approximate surface area is 223 Å². The lowest BCUT2D eigenvalue weighted by Crippen LogP contribution is -2.38. The molecule has 5 fully saturated rings. The summed E-state index contributed by atoms with van der Waals surface area (Å²) in [6, 6.07) is 0. The Balaban J connectivity index is 0.000000131. The highest BCUT2D eigenvalue weighted by Gasteiger charge is 2.58. The minimum Gasteiger partial charge on any atom is -0.481 e. The fraction of sp³-hybridized carbons (Fsp3) is 0.733. The van der Waals surface area contributed by atoms with Crippen LogP contribution in [-0.4, -0.2) is 45.3 Å². The van der Waals surface area contributed by atoms with E-state index < -0.39 is 17.8 Å². The Bertz CT molecular complexity index is 999. The van der Waals surface area contributed by atoms with Crippen LogP contribution in [0.4, 0.5) is 0 Å². The van der Waals surface area contributed by atoms with Crippen molar-refractivity contribution in [1.82, 2.24) is 0 Å². The SMILES string of the molecule is CC1(O)CCCC1.CC1(OC(=O)C2C3C=CC(C3)C2C(=O)O)CCCC1.O=C1OC(=O)C2C3C=CC(C3)C12. The Morgan fingerprint density at radius 1 is 0.789 bits per heavy atom. The smallest absolute Gasteiger partial charge is 0.318 e. The molecule has 8 nitrogen and oxygen atoms in total. The highest BCUT2D eigenvalue weighted by Crippen LogP contribution is 2.52. The molecular formula is C30H40O8. The molecule has 4 bridgehead atoms. The molecule has 0 spiro atoms. The van der Waals surface area contributed by atoms with E-state index in [9.17, 15) is 29.4 Å². The molecule has 1 heterocycles. The summed E-state index contributed by atoms with van der Waals surface area (Å²) < 4.78 is 10.3. The number of cyclic esters (lactones) is 2. The fourth-order valence-corrected chi connectivity index (χ4v) is 7.85. The number of carboxylic acids is 1. The molecule has 0 radical (unpaired) electrons. The normalized spacial score (nSPS) is 39.8. The molecule has 1 saturated heterocycles. The minimum atomic E-state index is -0.865. The molecule has 0 aromatic rings. The number of fused-ring (bicyclic) bond motifs is 7. The van der Waals surface area contributed by atoms with Gasteiger partial charge < -0.3 is 19.7 Å². The van der Waals surface area contributed by atoms with Crippen LogP contribution in [0.3, 0.4) is 0 Å². The molecule has 0 aromatic heterocycles. The maximum absolute atomic E-state index is 12.4. The zero-order valence-corrected chi connectivity index (χ0v) is 22.3. The molecule has 38 heavy (non-hydrogen) atoms. The summed E-state index contributed by atoms with van der Waals surface area (Å²) >= 11 is 0. The van der Waals surface area contributed by atoms with E-state index in [1.165, 1.54) is 12.8 Å². The second-order valence-corrected chi connectivity index (χ2v) is 12.9. The summed E-state index contributed by atoms with van der Waals surface area (Å²) in [5.74, 6) is -2.51. The van der Waals surface area contributed by atoms with Crippen LogP contribution in [0.25, 0.3) is 0 Å². The topological polar surface area (TPSA) is 127 Å². The number of rotatable bonds is 3. The van der Waals surface area contributed by atoms with Gasteiger partial charge in [0.1, 0.15) is 5.60 Å². The number of aliphatic hydroxyl groups is 1. The lowest BCUT2D eigenvalue weighted by atomic mass is 9.83. The van der Waals surface area contributed by atoms with Crippen LogP contribution in [0.5, 0.6) is 0 Å². The van der Waals surface area contributed by atoms with E-state index in [4.69, 9.17) is 4.74 Å². The molecule has 8 heteroatoms. The molecule has 1 aliphatic heterocycles. The number of carbonyl (C=O) groups is 4. The number of hydrogen-bond acceptors (Lipinski definition) is 7. The monoisotopic (exact) mass is 528 g/mol. The van der Waals surface area contributed by atoms with Crippen LogP contribution in [-0.2, 0) is 28.7 Å². The predicted octanol–water partition coefficient (Wildman–Crippen LogP) is 4.20. The van der Waals surface area contributed by atoms with Crippen molar-refractivity contribution in [2.45, 2.75) is 89.3 Å². The zero-order chi connectivity index (χ0) is 27.2. The first-order chi connectivity index (χ1) is 18.0.